The molecule has 0 radical (unpaired) electrons. The first-order chi connectivity index (χ1) is 10.2. The Morgan fingerprint density at radius 2 is 1.50 bits per heavy atom. The van der Waals surface area contributed by atoms with Gasteiger partial charge in [-0.3, -0.25) is 0 Å². The maximum atomic E-state index is 4.71. The maximum Gasteiger partial charge on any atom is 0.235 e. The van der Waals surface area contributed by atoms with Gasteiger partial charge in [0.25, 0.3) is 0 Å². The van der Waals surface area contributed by atoms with Gasteiger partial charge in [-0.2, -0.15) is 9.61 Å². The third-order valence-electron chi connectivity index (χ3n) is 3.66. The molecule has 0 saturated heterocycles. The Bertz CT molecular complexity index is 798. The third kappa shape index (κ3) is 2.65. The number of aromatic nitrogens is 4. The Kier molecular flexibility index (Phi) is 3.36. The van der Waals surface area contributed by atoms with E-state index in [0.29, 0.717) is 0 Å². The van der Waals surface area contributed by atoms with Crippen LogP contribution in [-0.4, -0.2) is 19.8 Å². The monoisotopic (exact) mass is 314 g/mol. The summed E-state index contributed by atoms with van der Waals surface area (Å²) in [6, 6.07) is 8.65. The molecule has 0 aliphatic rings. The summed E-state index contributed by atoms with van der Waals surface area (Å²) in [4.78, 5) is 0.847. The second-order valence-electron chi connectivity index (χ2n) is 7.70. The minimum absolute atomic E-state index is 0.0686. The van der Waals surface area contributed by atoms with Gasteiger partial charge < -0.3 is 0 Å². The largest absolute Gasteiger partial charge is 0.235 e. The SMILES string of the molecule is CC(C)(C)c1ccc(-c2nn3c(C(C)(C)C)nnc3s2)cc1. The van der Waals surface area contributed by atoms with E-state index in [2.05, 4.69) is 76.0 Å². The van der Waals surface area contributed by atoms with Gasteiger partial charge in [0.05, 0.1) is 0 Å². The molecular weight excluding hydrogens is 292 g/mol. The van der Waals surface area contributed by atoms with Crippen LogP contribution in [0.5, 0.6) is 0 Å². The molecule has 0 saturated carbocycles. The van der Waals surface area contributed by atoms with Crippen molar-refractivity contribution < 1.29 is 0 Å². The first-order valence-corrected chi connectivity index (χ1v) is 8.31. The molecule has 0 bridgehead atoms. The predicted molar refractivity (Wildman–Crippen MR) is 91.5 cm³/mol. The van der Waals surface area contributed by atoms with Crippen LogP contribution < -0.4 is 0 Å². The van der Waals surface area contributed by atoms with Gasteiger partial charge in [0, 0.05) is 11.0 Å². The highest BCUT2D eigenvalue weighted by atomic mass is 32.1. The molecule has 3 aromatic rings. The van der Waals surface area contributed by atoms with Crippen LogP contribution >= 0.6 is 11.3 Å². The Balaban J connectivity index is 2.02. The highest BCUT2D eigenvalue weighted by Gasteiger charge is 2.23. The van der Waals surface area contributed by atoms with E-state index in [9.17, 15) is 0 Å². The van der Waals surface area contributed by atoms with E-state index >= 15 is 0 Å². The Labute approximate surface area is 135 Å². The number of benzene rings is 1. The zero-order valence-corrected chi connectivity index (χ0v) is 14.8. The van der Waals surface area contributed by atoms with Crippen molar-refractivity contribution in [2.24, 2.45) is 0 Å². The lowest BCUT2D eigenvalue weighted by Gasteiger charge is -2.18. The summed E-state index contributed by atoms with van der Waals surface area (Å²) < 4.78 is 1.87. The molecule has 5 heteroatoms. The average molecular weight is 314 g/mol. The number of fused-ring (bicyclic) bond motifs is 1. The summed E-state index contributed by atoms with van der Waals surface area (Å²) in [5.41, 5.74) is 2.55. The zero-order chi connectivity index (χ0) is 16.1. The first kappa shape index (κ1) is 15.2. The first-order valence-electron chi connectivity index (χ1n) is 7.50. The van der Waals surface area contributed by atoms with Crippen LogP contribution in [0.25, 0.3) is 15.5 Å². The summed E-state index contributed by atoms with van der Waals surface area (Å²) in [5, 5.41) is 14.2. The molecule has 4 nitrogen and oxygen atoms in total. The van der Waals surface area contributed by atoms with Gasteiger partial charge in [0.1, 0.15) is 5.01 Å². The Morgan fingerprint density at radius 1 is 0.864 bits per heavy atom. The summed E-state index contributed by atoms with van der Waals surface area (Å²) >= 11 is 1.58. The van der Waals surface area contributed by atoms with Crippen molar-refractivity contribution in [3.8, 4) is 10.6 Å². The van der Waals surface area contributed by atoms with Crippen molar-refractivity contribution in [2.45, 2.75) is 52.4 Å². The summed E-state index contributed by atoms with van der Waals surface area (Å²) in [5.74, 6) is 0.899. The molecule has 0 fully saturated rings. The van der Waals surface area contributed by atoms with Gasteiger partial charge >= 0.3 is 0 Å². The summed E-state index contributed by atoms with van der Waals surface area (Å²) in [7, 11) is 0. The predicted octanol–water partition coefficient (Wildman–Crippen LogP) is 4.45. The molecular formula is C17H22N4S. The van der Waals surface area contributed by atoms with Crippen molar-refractivity contribution in [1.29, 1.82) is 0 Å². The topological polar surface area (TPSA) is 43.1 Å². The van der Waals surface area contributed by atoms with E-state index in [4.69, 9.17) is 5.10 Å². The minimum Gasteiger partial charge on any atom is -0.186 e. The molecule has 2 aromatic heterocycles. The van der Waals surface area contributed by atoms with Gasteiger partial charge in [-0.15, -0.1) is 10.2 Å². The lowest BCUT2D eigenvalue weighted by atomic mass is 9.87. The third-order valence-corrected chi connectivity index (χ3v) is 4.61. The quantitative estimate of drug-likeness (QED) is 0.666. The smallest absolute Gasteiger partial charge is 0.186 e. The van der Waals surface area contributed by atoms with Crippen LogP contribution in [0.15, 0.2) is 24.3 Å². The number of hydrogen-bond acceptors (Lipinski definition) is 4. The molecule has 0 unspecified atom stereocenters. The molecule has 1 aromatic carbocycles. The van der Waals surface area contributed by atoms with Gasteiger partial charge in [-0.25, -0.2) is 0 Å². The summed E-state index contributed by atoms with van der Waals surface area (Å²) in [6.07, 6.45) is 0. The van der Waals surface area contributed by atoms with E-state index in [0.717, 1.165) is 21.4 Å². The number of rotatable bonds is 1. The molecule has 0 atom stereocenters. The standard InChI is InChI=1S/C17H22N4S/c1-16(2,3)12-9-7-11(8-10-12)13-20-21-14(17(4,5)6)18-19-15(21)22-13/h7-10H,1-6H3. The van der Waals surface area contributed by atoms with E-state index in [1.165, 1.54) is 5.56 Å². The second-order valence-corrected chi connectivity index (χ2v) is 8.66. The Morgan fingerprint density at radius 3 is 2.05 bits per heavy atom. The van der Waals surface area contributed by atoms with Crippen LogP contribution in [0.2, 0.25) is 0 Å². The van der Waals surface area contributed by atoms with Gasteiger partial charge in [-0.1, -0.05) is 77.1 Å². The van der Waals surface area contributed by atoms with Crippen LogP contribution in [0.1, 0.15) is 52.9 Å². The van der Waals surface area contributed by atoms with E-state index in [1.54, 1.807) is 11.3 Å². The van der Waals surface area contributed by atoms with Crippen LogP contribution in [-0.2, 0) is 10.8 Å². The fourth-order valence-corrected chi connectivity index (χ4v) is 3.16. The fraction of sp³-hybridized carbons (Fsp3) is 0.471. The van der Waals surface area contributed by atoms with Crippen molar-refractivity contribution in [2.75, 3.05) is 0 Å². The van der Waals surface area contributed by atoms with Crippen LogP contribution in [0.4, 0.5) is 0 Å². The Hall–Kier alpha value is -1.75. The lowest BCUT2D eigenvalue weighted by molar-refractivity contribution is 0.528. The molecule has 22 heavy (non-hydrogen) atoms. The lowest BCUT2D eigenvalue weighted by Crippen LogP contribution is -2.16. The van der Waals surface area contributed by atoms with E-state index < -0.39 is 0 Å². The molecule has 0 aliphatic heterocycles. The van der Waals surface area contributed by atoms with Gasteiger partial charge in [0.15, 0.2) is 5.82 Å². The molecule has 0 aliphatic carbocycles. The fourth-order valence-electron chi connectivity index (χ4n) is 2.31. The molecule has 0 N–H and O–H groups in total. The van der Waals surface area contributed by atoms with Gasteiger partial charge in [0.2, 0.25) is 4.96 Å². The maximum absolute atomic E-state index is 4.71. The minimum atomic E-state index is -0.0686. The van der Waals surface area contributed by atoms with E-state index in [1.807, 2.05) is 4.52 Å². The molecule has 116 valence electrons. The average Bonchev–Trinajstić information content (AvgIpc) is 2.95. The van der Waals surface area contributed by atoms with Crippen molar-refractivity contribution in [3.63, 3.8) is 0 Å². The van der Waals surface area contributed by atoms with Gasteiger partial charge in [-0.05, 0) is 11.0 Å². The van der Waals surface area contributed by atoms with Crippen molar-refractivity contribution in [3.05, 3.63) is 35.7 Å². The van der Waals surface area contributed by atoms with Crippen LogP contribution in [0.3, 0.4) is 0 Å². The number of nitrogens with zero attached hydrogens (tertiary/aromatic N) is 4. The molecule has 0 amide bonds. The van der Waals surface area contributed by atoms with Crippen molar-refractivity contribution in [1.82, 2.24) is 19.8 Å². The number of hydrogen-bond donors (Lipinski definition) is 0. The van der Waals surface area contributed by atoms with Crippen molar-refractivity contribution >= 4 is 16.3 Å². The molecule has 2 heterocycles. The normalized spacial score (nSPS) is 13.0. The molecule has 0 spiro atoms. The second kappa shape index (κ2) is 4.88. The summed E-state index contributed by atoms with van der Waals surface area (Å²) in [6.45, 7) is 13.0. The highest BCUT2D eigenvalue weighted by Crippen LogP contribution is 2.30. The zero-order valence-electron chi connectivity index (χ0n) is 14.0. The van der Waals surface area contributed by atoms with Crippen LogP contribution in [0, 0.1) is 0 Å². The highest BCUT2D eigenvalue weighted by molar-refractivity contribution is 7.19. The van der Waals surface area contributed by atoms with E-state index in [-0.39, 0.29) is 10.8 Å². The molecule has 3 rings (SSSR count).